The first-order chi connectivity index (χ1) is 8.50. The number of hydrogen-bond donors (Lipinski definition) is 1. The summed E-state index contributed by atoms with van der Waals surface area (Å²) >= 11 is 0. The van der Waals surface area contributed by atoms with Gasteiger partial charge >= 0.3 is 5.97 Å². The van der Waals surface area contributed by atoms with Crippen LogP contribution in [-0.2, 0) is 19.1 Å². The molecule has 0 saturated carbocycles. The fourth-order valence-electron chi connectivity index (χ4n) is 2.63. The monoisotopic (exact) mass is 256 g/mol. The van der Waals surface area contributed by atoms with Crippen LogP contribution in [0.2, 0.25) is 0 Å². The summed E-state index contributed by atoms with van der Waals surface area (Å²) in [6, 6.07) is -0.781. The predicted octanol–water partition coefficient (Wildman–Crippen LogP) is -0.486. The van der Waals surface area contributed by atoms with Gasteiger partial charge in [-0.3, -0.25) is 4.79 Å². The number of nitrogens with two attached hydrogens (primary N) is 1. The van der Waals surface area contributed by atoms with E-state index in [0.717, 1.165) is 6.42 Å². The molecule has 2 saturated heterocycles. The largest absolute Gasteiger partial charge is 0.467 e. The van der Waals surface area contributed by atoms with Crippen molar-refractivity contribution in [1.29, 1.82) is 0 Å². The number of carbonyl (C=O) groups is 2. The van der Waals surface area contributed by atoms with E-state index < -0.39 is 11.5 Å². The highest BCUT2D eigenvalue weighted by atomic mass is 16.5. The van der Waals surface area contributed by atoms with Crippen molar-refractivity contribution in [3.05, 3.63) is 0 Å². The Hall–Kier alpha value is -1.14. The lowest BCUT2D eigenvalue weighted by molar-refractivity contribution is -0.155. The molecule has 102 valence electrons. The van der Waals surface area contributed by atoms with Crippen molar-refractivity contribution >= 4 is 11.9 Å². The average Bonchev–Trinajstić information content (AvgIpc) is 2.96. The minimum Gasteiger partial charge on any atom is -0.467 e. The molecule has 6 heteroatoms. The van der Waals surface area contributed by atoms with Gasteiger partial charge in [-0.2, -0.15) is 0 Å². The molecule has 0 aliphatic carbocycles. The van der Waals surface area contributed by atoms with Gasteiger partial charge in [-0.1, -0.05) is 0 Å². The molecule has 1 amide bonds. The first-order valence-corrected chi connectivity index (χ1v) is 6.23. The standard InChI is InChI=1S/C12H20N2O4/c1-12(7-18-6-9(12)13)11(16)14-5-3-4-8(14)10(15)17-2/h8-9H,3-7,13H2,1-2H3. The molecule has 2 aliphatic rings. The Kier molecular flexibility index (Phi) is 3.59. The SMILES string of the molecule is COC(=O)C1CCCN1C(=O)C1(C)COCC1N. The van der Waals surface area contributed by atoms with Crippen LogP contribution in [0.1, 0.15) is 19.8 Å². The number of hydrogen-bond acceptors (Lipinski definition) is 5. The van der Waals surface area contributed by atoms with Crippen LogP contribution in [0.25, 0.3) is 0 Å². The Bertz CT molecular complexity index is 360. The third kappa shape index (κ3) is 1.99. The number of esters is 1. The minimum absolute atomic E-state index is 0.0969. The second kappa shape index (κ2) is 4.85. The number of methoxy groups -OCH3 is 1. The molecule has 18 heavy (non-hydrogen) atoms. The number of rotatable bonds is 2. The molecule has 2 fully saturated rings. The fourth-order valence-corrected chi connectivity index (χ4v) is 2.63. The Labute approximate surface area is 106 Å². The van der Waals surface area contributed by atoms with Crippen molar-refractivity contribution in [3.63, 3.8) is 0 Å². The van der Waals surface area contributed by atoms with Gasteiger partial charge in [-0.05, 0) is 19.8 Å². The van der Waals surface area contributed by atoms with E-state index in [0.29, 0.717) is 26.2 Å². The molecular weight excluding hydrogens is 236 g/mol. The molecule has 2 N–H and O–H groups in total. The molecule has 2 heterocycles. The molecule has 2 rings (SSSR count). The zero-order chi connectivity index (χ0) is 13.3. The van der Waals surface area contributed by atoms with Gasteiger partial charge in [-0.25, -0.2) is 4.79 Å². The van der Waals surface area contributed by atoms with Gasteiger partial charge in [0.2, 0.25) is 5.91 Å². The number of amides is 1. The van der Waals surface area contributed by atoms with Crippen LogP contribution in [0.5, 0.6) is 0 Å². The molecule has 3 atom stereocenters. The van der Waals surface area contributed by atoms with Crippen molar-refractivity contribution < 1.29 is 19.1 Å². The molecule has 0 radical (unpaired) electrons. The highest BCUT2D eigenvalue weighted by molar-refractivity contribution is 5.89. The van der Waals surface area contributed by atoms with Gasteiger partial charge in [0.1, 0.15) is 6.04 Å². The average molecular weight is 256 g/mol. The summed E-state index contributed by atoms with van der Waals surface area (Å²) in [6.45, 7) is 3.09. The summed E-state index contributed by atoms with van der Waals surface area (Å²) in [5.41, 5.74) is 5.22. The Morgan fingerprint density at radius 3 is 2.78 bits per heavy atom. The lowest BCUT2D eigenvalue weighted by atomic mass is 9.84. The topological polar surface area (TPSA) is 81.9 Å². The van der Waals surface area contributed by atoms with Gasteiger partial charge in [0.25, 0.3) is 0 Å². The molecule has 0 aromatic rings. The van der Waals surface area contributed by atoms with Crippen molar-refractivity contribution in [2.75, 3.05) is 26.9 Å². The van der Waals surface area contributed by atoms with E-state index in [-0.39, 0.29) is 17.9 Å². The van der Waals surface area contributed by atoms with E-state index in [1.165, 1.54) is 7.11 Å². The van der Waals surface area contributed by atoms with Crippen molar-refractivity contribution in [3.8, 4) is 0 Å². The molecule has 3 unspecified atom stereocenters. The third-order valence-electron chi connectivity index (χ3n) is 3.99. The van der Waals surface area contributed by atoms with Crippen LogP contribution in [0.4, 0.5) is 0 Å². The van der Waals surface area contributed by atoms with E-state index >= 15 is 0 Å². The number of likely N-dealkylation sites (tertiary alicyclic amines) is 1. The van der Waals surface area contributed by atoms with Crippen LogP contribution >= 0.6 is 0 Å². The van der Waals surface area contributed by atoms with E-state index in [1.54, 1.807) is 11.8 Å². The second-order valence-electron chi connectivity index (χ2n) is 5.22. The van der Waals surface area contributed by atoms with Crippen LogP contribution in [0.15, 0.2) is 0 Å². The molecule has 0 spiro atoms. The smallest absolute Gasteiger partial charge is 0.328 e. The number of carbonyl (C=O) groups excluding carboxylic acids is 2. The zero-order valence-corrected chi connectivity index (χ0v) is 10.8. The molecule has 0 bridgehead atoms. The number of ether oxygens (including phenoxy) is 2. The van der Waals surface area contributed by atoms with E-state index in [1.807, 2.05) is 0 Å². The van der Waals surface area contributed by atoms with Crippen LogP contribution in [-0.4, -0.2) is 55.7 Å². The highest BCUT2D eigenvalue weighted by Crippen LogP contribution is 2.32. The van der Waals surface area contributed by atoms with Gasteiger partial charge in [-0.15, -0.1) is 0 Å². The molecular formula is C12H20N2O4. The van der Waals surface area contributed by atoms with Gasteiger partial charge in [0.05, 0.1) is 25.7 Å². The predicted molar refractivity (Wildman–Crippen MR) is 63.7 cm³/mol. The van der Waals surface area contributed by atoms with Crippen LogP contribution < -0.4 is 5.73 Å². The molecule has 0 aromatic heterocycles. The Morgan fingerprint density at radius 2 is 2.22 bits per heavy atom. The zero-order valence-electron chi connectivity index (χ0n) is 10.8. The first-order valence-electron chi connectivity index (χ1n) is 6.23. The summed E-state index contributed by atoms with van der Waals surface area (Å²) < 4.78 is 10.0. The summed E-state index contributed by atoms with van der Waals surface area (Å²) in [4.78, 5) is 25.8. The quantitative estimate of drug-likeness (QED) is 0.674. The molecule has 6 nitrogen and oxygen atoms in total. The minimum atomic E-state index is -0.726. The Balaban J connectivity index is 2.15. The van der Waals surface area contributed by atoms with Crippen molar-refractivity contribution in [2.24, 2.45) is 11.1 Å². The maximum atomic E-state index is 12.6. The van der Waals surface area contributed by atoms with Crippen molar-refractivity contribution in [1.82, 2.24) is 4.90 Å². The lowest BCUT2D eigenvalue weighted by Crippen LogP contribution is -2.54. The van der Waals surface area contributed by atoms with Gasteiger partial charge < -0.3 is 20.1 Å². The maximum absolute atomic E-state index is 12.6. The van der Waals surface area contributed by atoms with Crippen molar-refractivity contribution in [2.45, 2.75) is 31.8 Å². The molecule has 0 aromatic carbocycles. The Morgan fingerprint density at radius 1 is 1.50 bits per heavy atom. The van der Waals surface area contributed by atoms with Gasteiger partial charge in [0, 0.05) is 12.6 Å². The number of nitrogens with zero attached hydrogens (tertiary/aromatic N) is 1. The van der Waals surface area contributed by atoms with E-state index in [2.05, 4.69) is 0 Å². The highest BCUT2D eigenvalue weighted by Gasteiger charge is 2.49. The van der Waals surface area contributed by atoms with E-state index in [9.17, 15) is 9.59 Å². The van der Waals surface area contributed by atoms with Gasteiger partial charge in [0.15, 0.2) is 0 Å². The lowest BCUT2D eigenvalue weighted by Gasteiger charge is -2.33. The fraction of sp³-hybridized carbons (Fsp3) is 0.833. The molecule has 2 aliphatic heterocycles. The summed E-state index contributed by atoms with van der Waals surface area (Å²) in [6.07, 6.45) is 1.47. The maximum Gasteiger partial charge on any atom is 0.328 e. The van der Waals surface area contributed by atoms with Crippen LogP contribution in [0.3, 0.4) is 0 Å². The first kappa shape index (κ1) is 13.3. The summed E-state index contributed by atoms with van der Waals surface area (Å²) in [7, 11) is 1.34. The normalized spacial score (nSPS) is 35.8. The van der Waals surface area contributed by atoms with E-state index in [4.69, 9.17) is 15.2 Å². The second-order valence-corrected chi connectivity index (χ2v) is 5.22. The summed E-state index contributed by atoms with van der Waals surface area (Å²) in [5.74, 6) is -0.447. The third-order valence-corrected chi connectivity index (χ3v) is 3.99. The summed E-state index contributed by atoms with van der Waals surface area (Å²) in [5, 5.41) is 0. The van der Waals surface area contributed by atoms with Crippen LogP contribution in [0, 0.1) is 5.41 Å².